The van der Waals surface area contributed by atoms with Crippen LogP contribution in [0.15, 0.2) is 109 Å². The molecule has 0 aliphatic heterocycles. The largest absolute Gasteiger partial charge is 0.494 e. The summed E-state index contributed by atoms with van der Waals surface area (Å²) in [6, 6.07) is 31.6. The normalized spacial score (nSPS) is 12.0. The van der Waals surface area contributed by atoms with Crippen LogP contribution in [0.3, 0.4) is 0 Å². The molecule has 4 rings (SSSR count). The summed E-state index contributed by atoms with van der Waals surface area (Å²) in [7, 11) is 0. The van der Waals surface area contributed by atoms with Gasteiger partial charge in [-0.15, -0.1) is 0 Å². The zero-order valence-corrected chi connectivity index (χ0v) is 25.0. The summed E-state index contributed by atoms with van der Waals surface area (Å²) in [5.41, 5.74) is 9.79. The van der Waals surface area contributed by atoms with Gasteiger partial charge in [0.15, 0.2) is 0 Å². The van der Waals surface area contributed by atoms with Gasteiger partial charge in [0.05, 0.1) is 6.61 Å². The third-order valence-electron chi connectivity index (χ3n) is 7.13. The van der Waals surface area contributed by atoms with Gasteiger partial charge in [0.2, 0.25) is 11.8 Å². The molecule has 0 fully saturated rings. The van der Waals surface area contributed by atoms with Crippen molar-refractivity contribution in [3.05, 3.63) is 137 Å². The van der Waals surface area contributed by atoms with Crippen molar-refractivity contribution in [3.8, 4) is 5.75 Å². The molecular formula is C36H40N4O4. The van der Waals surface area contributed by atoms with Gasteiger partial charge >= 0.3 is 0 Å². The van der Waals surface area contributed by atoms with Gasteiger partial charge in [0, 0.05) is 31.5 Å². The molecule has 0 aromatic heterocycles. The van der Waals surface area contributed by atoms with Crippen LogP contribution in [0, 0.1) is 0 Å². The Hall–Kier alpha value is -4.95. The second-order valence-corrected chi connectivity index (χ2v) is 10.6. The van der Waals surface area contributed by atoms with Crippen LogP contribution in [0.1, 0.15) is 46.0 Å². The molecule has 0 spiro atoms. The minimum Gasteiger partial charge on any atom is -0.494 e. The maximum Gasteiger partial charge on any atom is 0.251 e. The molecule has 5 N–H and O–H groups in total. The van der Waals surface area contributed by atoms with Crippen molar-refractivity contribution in [1.82, 2.24) is 16.0 Å². The monoisotopic (exact) mass is 592 g/mol. The number of hydrogen-bond acceptors (Lipinski definition) is 5. The fourth-order valence-electron chi connectivity index (χ4n) is 4.65. The van der Waals surface area contributed by atoms with Crippen LogP contribution in [-0.2, 0) is 35.5 Å². The first-order valence-corrected chi connectivity index (χ1v) is 14.9. The quantitative estimate of drug-likeness (QED) is 0.164. The topological polar surface area (TPSA) is 123 Å². The molecule has 0 bridgehead atoms. The summed E-state index contributed by atoms with van der Waals surface area (Å²) in [5, 5.41) is 8.77. The number of benzene rings is 4. The molecule has 4 aromatic carbocycles. The number of amides is 3. The molecule has 228 valence electrons. The van der Waals surface area contributed by atoms with E-state index in [1.807, 2.05) is 91.9 Å². The van der Waals surface area contributed by atoms with Crippen LogP contribution in [-0.4, -0.2) is 36.4 Å². The van der Waals surface area contributed by atoms with Gasteiger partial charge < -0.3 is 26.4 Å². The molecule has 0 radical (unpaired) electrons. The maximum absolute atomic E-state index is 13.8. The third-order valence-corrected chi connectivity index (χ3v) is 7.13. The predicted molar refractivity (Wildman–Crippen MR) is 172 cm³/mol. The Balaban J connectivity index is 1.52. The van der Waals surface area contributed by atoms with E-state index >= 15 is 0 Å². The van der Waals surface area contributed by atoms with E-state index in [9.17, 15) is 14.4 Å². The van der Waals surface area contributed by atoms with Gasteiger partial charge in [0.25, 0.3) is 5.91 Å². The number of hydrogen-bond donors (Lipinski definition) is 4. The van der Waals surface area contributed by atoms with E-state index in [0.717, 1.165) is 34.4 Å². The van der Waals surface area contributed by atoms with Gasteiger partial charge in [-0.25, -0.2) is 0 Å². The fraction of sp³-hybridized carbons (Fsp3) is 0.250. The van der Waals surface area contributed by atoms with E-state index < -0.39 is 18.0 Å². The highest BCUT2D eigenvalue weighted by molar-refractivity contribution is 5.98. The number of nitrogens with two attached hydrogens (primary N) is 1. The molecule has 8 nitrogen and oxygen atoms in total. The molecule has 8 heteroatoms. The van der Waals surface area contributed by atoms with E-state index in [2.05, 4.69) is 16.0 Å². The van der Waals surface area contributed by atoms with Crippen molar-refractivity contribution in [1.29, 1.82) is 0 Å². The van der Waals surface area contributed by atoms with Crippen molar-refractivity contribution >= 4 is 17.7 Å². The summed E-state index contributed by atoms with van der Waals surface area (Å²) >= 11 is 0. The van der Waals surface area contributed by atoms with Crippen molar-refractivity contribution in [2.45, 2.75) is 51.4 Å². The van der Waals surface area contributed by atoms with Gasteiger partial charge in [-0.05, 0) is 52.9 Å². The molecule has 2 atom stereocenters. The van der Waals surface area contributed by atoms with Crippen molar-refractivity contribution in [2.75, 3.05) is 6.61 Å². The number of nitrogens with one attached hydrogen (secondary N) is 3. The summed E-state index contributed by atoms with van der Waals surface area (Å²) in [5.74, 6) is -0.416. The number of carbonyl (C=O) groups excluding carboxylic acids is 3. The summed E-state index contributed by atoms with van der Waals surface area (Å²) in [6.07, 6.45) is 1.41. The van der Waals surface area contributed by atoms with E-state index in [1.165, 1.54) is 0 Å². The van der Waals surface area contributed by atoms with Crippen molar-refractivity contribution in [3.63, 3.8) is 0 Å². The molecule has 44 heavy (non-hydrogen) atoms. The zero-order chi connectivity index (χ0) is 31.1. The Morgan fingerprint density at radius 2 is 1.20 bits per heavy atom. The lowest BCUT2D eigenvalue weighted by Crippen LogP contribution is -2.55. The van der Waals surface area contributed by atoms with Gasteiger partial charge in [-0.2, -0.15) is 0 Å². The van der Waals surface area contributed by atoms with Gasteiger partial charge in [-0.3, -0.25) is 14.4 Å². The lowest BCUT2D eigenvalue weighted by molar-refractivity contribution is -0.130. The molecule has 0 saturated carbocycles. The summed E-state index contributed by atoms with van der Waals surface area (Å²) < 4.78 is 5.69. The lowest BCUT2D eigenvalue weighted by atomic mass is 10.0. The third kappa shape index (κ3) is 9.81. The number of ether oxygens (including phenoxy) is 1. The molecule has 0 unspecified atom stereocenters. The van der Waals surface area contributed by atoms with Crippen LogP contribution >= 0.6 is 0 Å². The standard InChI is InChI=1S/C36H40N4O4/c1-2-21-44-31-19-17-27(18-20-31)23-33(39-34(41)30-11-7-4-8-12-30)36(43)40-32(22-26-9-5-3-6-10-26)35(42)38-25-29-15-13-28(24-37)14-16-29/h3-20,32-33H,2,21-25,37H2,1H3,(H,38,42)(H,39,41)(H,40,43)/t32-,33+/m0/s1. The van der Waals surface area contributed by atoms with E-state index in [4.69, 9.17) is 10.5 Å². The van der Waals surface area contributed by atoms with Crippen LogP contribution in [0.2, 0.25) is 0 Å². The van der Waals surface area contributed by atoms with Crippen LogP contribution < -0.4 is 26.4 Å². The van der Waals surface area contributed by atoms with Gasteiger partial charge in [-0.1, -0.05) is 91.9 Å². The first-order valence-electron chi connectivity index (χ1n) is 14.9. The number of carbonyl (C=O) groups is 3. The minimum absolute atomic E-state index is 0.228. The minimum atomic E-state index is -0.931. The van der Waals surface area contributed by atoms with Gasteiger partial charge in [0.1, 0.15) is 17.8 Å². The highest BCUT2D eigenvalue weighted by atomic mass is 16.5. The predicted octanol–water partition coefficient (Wildman–Crippen LogP) is 4.32. The Morgan fingerprint density at radius 1 is 0.659 bits per heavy atom. The first-order chi connectivity index (χ1) is 21.4. The molecule has 0 saturated heterocycles. The SMILES string of the molecule is CCCOc1ccc(C[C@@H](NC(=O)c2ccccc2)C(=O)N[C@@H](Cc2ccccc2)C(=O)NCc2ccc(CN)cc2)cc1. The average Bonchev–Trinajstić information content (AvgIpc) is 3.07. The van der Waals surface area contributed by atoms with Crippen LogP contribution in [0.25, 0.3) is 0 Å². The molecule has 0 aliphatic rings. The Kier molecular flexibility index (Phi) is 12.1. The summed E-state index contributed by atoms with van der Waals surface area (Å²) in [4.78, 5) is 40.5. The summed E-state index contributed by atoms with van der Waals surface area (Å²) in [6.45, 7) is 3.39. The second-order valence-electron chi connectivity index (χ2n) is 10.6. The lowest BCUT2D eigenvalue weighted by Gasteiger charge is -2.24. The van der Waals surface area contributed by atoms with Crippen LogP contribution in [0.4, 0.5) is 0 Å². The maximum atomic E-state index is 13.8. The Morgan fingerprint density at radius 3 is 1.82 bits per heavy atom. The fourth-order valence-corrected chi connectivity index (χ4v) is 4.65. The van der Waals surface area contributed by atoms with Crippen LogP contribution in [0.5, 0.6) is 5.75 Å². The number of rotatable bonds is 15. The molecule has 0 aliphatic carbocycles. The molecule has 4 aromatic rings. The van der Waals surface area contributed by atoms with E-state index in [1.54, 1.807) is 24.3 Å². The van der Waals surface area contributed by atoms with E-state index in [-0.39, 0.29) is 24.7 Å². The smallest absolute Gasteiger partial charge is 0.251 e. The molecular weight excluding hydrogens is 552 g/mol. The molecule has 0 heterocycles. The highest BCUT2D eigenvalue weighted by Crippen LogP contribution is 2.15. The molecule has 3 amide bonds. The Labute approximate surface area is 259 Å². The second kappa shape index (κ2) is 16.6. The van der Waals surface area contributed by atoms with Crippen molar-refractivity contribution < 1.29 is 19.1 Å². The zero-order valence-electron chi connectivity index (χ0n) is 25.0. The first kappa shape index (κ1) is 32.0. The highest BCUT2D eigenvalue weighted by Gasteiger charge is 2.27. The van der Waals surface area contributed by atoms with E-state index in [0.29, 0.717) is 25.3 Å². The van der Waals surface area contributed by atoms with Crippen molar-refractivity contribution in [2.24, 2.45) is 5.73 Å². The average molecular weight is 593 g/mol. The Bertz CT molecular complexity index is 1480.